The van der Waals surface area contributed by atoms with Gasteiger partial charge in [0.25, 0.3) is 10.0 Å². The quantitative estimate of drug-likeness (QED) is 0.151. The van der Waals surface area contributed by atoms with E-state index in [9.17, 15) is 23.1 Å². The number of aromatic nitrogens is 2. The van der Waals surface area contributed by atoms with E-state index >= 15 is 0 Å². The summed E-state index contributed by atoms with van der Waals surface area (Å²) >= 11 is 1.26. The summed E-state index contributed by atoms with van der Waals surface area (Å²) in [6.45, 7) is 4.27. The maximum atomic E-state index is 13.6. The fourth-order valence-corrected chi connectivity index (χ4v) is 7.12. The van der Waals surface area contributed by atoms with Crippen LogP contribution in [0.25, 0.3) is 11.1 Å². The molecule has 0 aliphatic heterocycles. The topological polar surface area (TPSA) is 133 Å². The Hall–Kier alpha value is -3.23. The van der Waals surface area contributed by atoms with E-state index in [1.165, 1.54) is 17.8 Å². The standard InChI is InChI=1S/C36H36N4O5S2.K/c1-4-24(2)33-38-34(46-3)32(35(41)42)40(33)23-25-19-21-26(22-20-25)29-17-11-12-18-30(29)47(44,45)39-36(43)37-31(27-13-7-5-8-14-27)28-15-9-6-10-16-28;/h5-22,24,31H,4,23H2,1-3H3,(H,41,42)(H2,37,39,43);/q;+1/p-1. The van der Waals surface area contributed by atoms with Gasteiger partial charge in [-0.25, -0.2) is 22.9 Å². The molecule has 0 aliphatic carbocycles. The minimum Gasteiger partial charge on any atom is -0.543 e. The second kappa shape index (κ2) is 16.9. The van der Waals surface area contributed by atoms with Gasteiger partial charge in [-0.3, -0.25) is 0 Å². The van der Waals surface area contributed by atoms with Crippen molar-refractivity contribution >= 4 is 33.8 Å². The van der Waals surface area contributed by atoms with E-state index in [1.807, 2.05) is 86.6 Å². The van der Waals surface area contributed by atoms with E-state index in [-0.39, 0.29) is 74.4 Å². The number of urea groups is 1. The van der Waals surface area contributed by atoms with Crippen LogP contribution in [0, 0.1) is 0 Å². The van der Waals surface area contributed by atoms with Crippen LogP contribution in [0.1, 0.15) is 65.2 Å². The zero-order chi connectivity index (χ0) is 33.6. The van der Waals surface area contributed by atoms with E-state index in [0.717, 1.165) is 23.1 Å². The van der Waals surface area contributed by atoms with Crippen molar-refractivity contribution in [1.29, 1.82) is 0 Å². The second-order valence-corrected chi connectivity index (χ2v) is 13.5. The molecule has 5 rings (SSSR count). The van der Waals surface area contributed by atoms with E-state index in [1.54, 1.807) is 41.2 Å². The third-order valence-electron chi connectivity index (χ3n) is 7.96. The van der Waals surface area contributed by atoms with Crippen molar-refractivity contribution in [2.24, 2.45) is 0 Å². The van der Waals surface area contributed by atoms with Gasteiger partial charge < -0.3 is 19.8 Å². The van der Waals surface area contributed by atoms with Crippen LogP contribution < -0.4 is 66.5 Å². The SMILES string of the molecule is CCC(C)c1nc(SC)c(C(=O)[O-])n1Cc1ccc(-c2ccccc2S(=O)(=O)NC(=O)NC(c2ccccc2)c2ccccc2)cc1.[K+]. The molecule has 1 heterocycles. The van der Waals surface area contributed by atoms with Gasteiger partial charge in [0.05, 0.1) is 22.6 Å². The number of rotatable bonds is 12. The number of carbonyl (C=O) groups is 2. The Bertz CT molecular complexity index is 1930. The number of carboxylic acid groups (broad SMARTS) is 1. The summed E-state index contributed by atoms with van der Waals surface area (Å²) in [5, 5.41) is 15.3. The number of aromatic carboxylic acids is 1. The van der Waals surface area contributed by atoms with E-state index in [0.29, 0.717) is 22.0 Å². The van der Waals surface area contributed by atoms with Crippen LogP contribution in [-0.4, -0.2) is 36.2 Å². The number of imidazole rings is 1. The molecule has 9 nitrogen and oxygen atoms in total. The molecule has 0 bridgehead atoms. The Morgan fingerprint density at radius 3 is 1.98 bits per heavy atom. The number of hydrogen-bond donors (Lipinski definition) is 2. The van der Waals surface area contributed by atoms with Gasteiger partial charge in [0.1, 0.15) is 10.9 Å². The number of benzene rings is 4. The molecule has 1 aromatic heterocycles. The van der Waals surface area contributed by atoms with Gasteiger partial charge in [-0.05, 0) is 41.0 Å². The first kappa shape index (κ1) is 37.6. The van der Waals surface area contributed by atoms with Crippen molar-refractivity contribution in [1.82, 2.24) is 19.6 Å². The van der Waals surface area contributed by atoms with Gasteiger partial charge in [0.15, 0.2) is 0 Å². The first-order valence-corrected chi connectivity index (χ1v) is 17.8. The summed E-state index contributed by atoms with van der Waals surface area (Å²) in [6.07, 6.45) is 2.57. The fraction of sp³-hybridized carbons (Fsp3) is 0.194. The van der Waals surface area contributed by atoms with Crippen molar-refractivity contribution in [2.45, 2.75) is 48.7 Å². The average molecular weight is 707 g/mol. The van der Waals surface area contributed by atoms with Gasteiger partial charge >= 0.3 is 57.4 Å². The van der Waals surface area contributed by atoms with Crippen molar-refractivity contribution in [3.8, 4) is 11.1 Å². The summed E-state index contributed by atoms with van der Waals surface area (Å²) in [4.78, 5) is 29.8. The van der Waals surface area contributed by atoms with Gasteiger partial charge in [0, 0.05) is 18.0 Å². The van der Waals surface area contributed by atoms with Crippen LogP contribution in [0.3, 0.4) is 0 Å². The predicted octanol–water partition coefficient (Wildman–Crippen LogP) is 2.98. The number of sulfonamides is 1. The molecule has 2 N–H and O–H groups in total. The third kappa shape index (κ3) is 8.67. The van der Waals surface area contributed by atoms with Crippen LogP contribution in [0.15, 0.2) is 119 Å². The molecule has 2 amide bonds. The maximum absolute atomic E-state index is 13.6. The normalized spacial score (nSPS) is 11.8. The zero-order valence-corrected chi connectivity index (χ0v) is 32.0. The molecular formula is C36H35KN4O5S2. The van der Waals surface area contributed by atoms with Crippen molar-refractivity contribution in [3.05, 3.63) is 137 Å². The fourth-order valence-electron chi connectivity index (χ4n) is 5.41. The Balaban J connectivity index is 0.00000520. The van der Waals surface area contributed by atoms with E-state index in [4.69, 9.17) is 0 Å². The second-order valence-electron chi connectivity index (χ2n) is 11.0. The minimum atomic E-state index is -4.29. The molecule has 242 valence electrons. The Kier molecular flexibility index (Phi) is 13.3. The largest absolute Gasteiger partial charge is 1.00 e. The summed E-state index contributed by atoms with van der Waals surface area (Å²) < 4.78 is 31.1. The van der Waals surface area contributed by atoms with Gasteiger partial charge in [-0.15, -0.1) is 11.8 Å². The molecular weight excluding hydrogens is 672 g/mol. The van der Waals surface area contributed by atoms with Crippen molar-refractivity contribution in [2.75, 3.05) is 6.26 Å². The van der Waals surface area contributed by atoms with Gasteiger partial charge in [0.2, 0.25) is 0 Å². The number of amides is 2. The minimum absolute atomic E-state index is 0. The Morgan fingerprint density at radius 2 is 1.44 bits per heavy atom. The molecule has 5 aromatic rings. The van der Waals surface area contributed by atoms with Crippen LogP contribution in [0.4, 0.5) is 4.79 Å². The molecule has 0 saturated heterocycles. The van der Waals surface area contributed by atoms with E-state index in [2.05, 4.69) is 15.0 Å². The van der Waals surface area contributed by atoms with Crippen LogP contribution >= 0.6 is 11.8 Å². The molecule has 0 saturated carbocycles. The van der Waals surface area contributed by atoms with E-state index < -0.39 is 28.1 Å². The average Bonchev–Trinajstić information content (AvgIpc) is 3.46. The molecule has 1 atom stereocenters. The summed E-state index contributed by atoms with van der Waals surface area (Å²) in [6, 6.07) is 30.8. The number of carbonyl (C=O) groups excluding carboxylic acids is 2. The number of carboxylic acids is 1. The molecule has 1 unspecified atom stereocenters. The molecule has 0 aliphatic rings. The number of hydrogen-bond acceptors (Lipinski definition) is 7. The molecule has 0 spiro atoms. The number of nitrogens with zero attached hydrogens (tertiary/aromatic N) is 2. The molecule has 0 fully saturated rings. The van der Waals surface area contributed by atoms with Crippen LogP contribution in [0.2, 0.25) is 0 Å². The molecule has 0 radical (unpaired) electrons. The zero-order valence-electron chi connectivity index (χ0n) is 27.2. The molecule has 48 heavy (non-hydrogen) atoms. The number of thioether (sulfide) groups is 1. The van der Waals surface area contributed by atoms with Crippen molar-refractivity contribution < 1.29 is 74.5 Å². The van der Waals surface area contributed by atoms with Crippen LogP contribution in [-0.2, 0) is 16.6 Å². The Morgan fingerprint density at radius 1 is 0.875 bits per heavy atom. The summed E-state index contributed by atoms with van der Waals surface area (Å²) in [5.41, 5.74) is 3.46. The smallest absolute Gasteiger partial charge is 0.543 e. The first-order chi connectivity index (χ1) is 22.6. The van der Waals surface area contributed by atoms with Crippen molar-refractivity contribution in [3.63, 3.8) is 0 Å². The van der Waals surface area contributed by atoms with Gasteiger partial charge in [-0.1, -0.05) is 117 Å². The van der Waals surface area contributed by atoms with Crippen LogP contribution in [0.5, 0.6) is 0 Å². The summed E-state index contributed by atoms with van der Waals surface area (Å²) in [7, 11) is -4.29. The summed E-state index contributed by atoms with van der Waals surface area (Å²) in [5.74, 6) is -0.587. The number of nitrogens with one attached hydrogen (secondary N) is 2. The monoisotopic (exact) mass is 706 g/mol. The maximum Gasteiger partial charge on any atom is 1.00 e. The molecule has 12 heteroatoms. The third-order valence-corrected chi connectivity index (χ3v) is 10.0. The first-order valence-electron chi connectivity index (χ1n) is 15.1. The van der Waals surface area contributed by atoms with Gasteiger partial charge in [-0.2, -0.15) is 0 Å². The molecule has 4 aromatic carbocycles. The Labute approximate surface area is 328 Å². The predicted molar refractivity (Wildman–Crippen MR) is 182 cm³/mol.